The summed E-state index contributed by atoms with van der Waals surface area (Å²) in [6.45, 7) is 1.38. The minimum Gasteiger partial charge on any atom is -0.495 e. The normalized spacial score (nSPS) is 15.9. The van der Waals surface area contributed by atoms with Crippen LogP contribution in [0.4, 0.5) is 0 Å². The number of aromatic hydroxyl groups is 1. The van der Waals surface area contributed by atoms with E-state index in [1.807, 2.05) is 17.5 Å². The molecular formula is C20H18N4O5S. The van der Waals surface area contributed by atoms with Crippen LogP contribution in [0.3, 0.4) is 0 Å². The zero-order valence-electron chi connectivity index (χ0n) is 16.2. The summed E-state index contributed by atoms with van der Waals surface area (Å²) in [6.07, 6.45) is 0.223. The Hall–Kier alpha value is -3.66. The molecule has 1 aliphatic rings. The van der Waals surface area contributed by atoms with E-state index in [9.17, 15) is 19.5 Å². The number of thiophene rings is 1. The third kappa shape index (κ3) is 3.20. The molecule has 0 spiro atoms. The third-order valence-electron chi connectivity index (χ3n) is 4.81. The van der Waals surface area contributed by atoms with E-state index in [0.29, 0.717) is 5.75 Å². The van der Waals surface area contributed by atoms with Gasteiger partial charge in [0.05, 0.1) is 24.6 Å². The number of amides is 1. The summed E-state index contributed by atoms with van der Waals surface area (Å²) >= 11 is 1.47. The molecule has 0 bridgehead atoms. The second-order valence-corrected chi connectivity index (χ2v) is 7.59. The Morgan fingerprint density at radius 1 is 1.27 bits per heavy atom. The van der Waals surface area contributed by atoms with Crippen LogP contribution in [0.1, 0.15) is 29.8 Å². The highest BCUT2D eigenvalue weighted by atomic mass is 32.1. The summed E-state index contributed by atoms with van der Waals surface area (Å²) in [4.78, 5) is 40.4. The molecule has 0 aliphatic carbocycles. The van der Waals surface area contributed by atoms with Gasteiger partial charge in [-0.25, -0.2) is 14.4 Å². The minimum atomic E-state index is -0.817. The van der Waals surface area contributed by atoms with Gasteiger partial charge in [-0.1, -0.05) is 18.2 Å². The lowest BCUT2D eigenvalue weighted by Crippen LogP contribution is -2.33. The molecule has 2 aromatic heterocycles. The molecule has 154 valence electrons. The quantitative estimate of drug-likeness (QED) is 0.662. The summed E-state index contributed by atoms with van der Waals surface area (Å²) in [5.74, 6) is -0.525. The number of methoxy groups -OCH3 is 1. The Kier molecular flexibility index (Phi) is 5.00. The maximum absolute atomic E-state index is 12.6. The smallest absolute Gasteiger partial charge is 0.335 e. The molecule has 3 heterocycles. The highest BCUT2D eigenvalue weighted by Gasteiger charge is 2.35. The standard InChI is InChI=1S/C20H18N4O5S/c1-11(25)24-14(16-8-5-9-30-16)10-12(22-24)17-18(26)21-20(28)23(19(17)27)13-6-3-4-7-15(13)29-2/h3-9,14,27H,10H2,1-2H3,(H,21,26,28)/t14-/m1/s1. The molecular weight excluding hydrogens is 408 g/mol. The number of H-pyrrole nitrogens is 1. The molecule has 9 nitrogen and oxygen atoms in total. The topological polar surface area (TPSA) is 117 Å². The van der Waals surface area contributed by atoms with Crippen molar-refractivity contribution in [2.45, 2.75) is 19.4 Å². The van der Waals surface area contributed by atoms with Gasteiger partial charge in [0.25, 0.3) is 5.56 Å². The van der Waals surface area contributed by atoms with E-state index < -0.39 is 17.1 Å². The number of ether oxygens (including phenoxy) is 1. The van der Waals surface area contributed by atoms with Gasteiger partial charge in [-0.15, -0.1) is 11.3 Å². The number of carbonyl (C=O) groups is 1. The Balaban J connectivity index is 1.88. The van der Waals surface area contributed by atoms with Crippen molar-refractivity contribution in [3.05, 3.63) is 73.1 Å². The Morgan fingerprint density at radius 2 is 2.03 bits per heavy atom. The van der Waals surface area contributed by atoms with Gasteiger partial charge in [0.1, 0.15) is 11.3 Å². The highest BCUT2D eigenvalue weighted by Crippen LogP contribution is 2.36. The number of benzene rings is 1. The second kappa shape index (κ2) is 7.64. The number of carbonyl (C=O) groups excluding carboxylic acids is 1. The third-order valence-corrected chi connectivity index (χ3v) is 5.78. The Labute approximate surface area is 174 Å². The molecule has 1 aliphatic heterocycles. The lowest BCUT2D eigenvalue weighted by Gasteiger charge is -2.18. The number of para-hydroxylation sites is 2. The molecule has 2 N–H and O–H groups in total. The number of rotatable bonds is 4. The average molecular weight is 426 g/mol. The van der Waals surface area contributed by atoms with Crippen LogP contribution < -0.4 is 16.0 Å². The number of aromatic nitrogens is 2. The van der Waals surface area contributed by atoms with E-state index in [2.05, 4.69) is 10.1 Å². The van der Waals surface area contributed by atoms with Crippen molar-refractivity contribution in [3.63, 3.8) is 0 Å². The first-order valence-corrected chi connectivity index (χ1v) is 9.93. The molecule has 4 rings (SSSR count). The fraction of sp³-hybridized carbons (Fsp3) is 0.200. The lowest BCUT2D eigenvalue weighted by molar-refractivity contribution is -0.130. The number of hydrogen-bond donors (Lipinski definition) is 2. The van der Waals surface area contributed by atoms with Crippen molar-refractivity contribution >= 4 is 23.0 Å². The summed E-state index contributed by atoms with van der Waals surface area (Å²) in [5.41, 5.74) is -1.28. The average Bonchev–Trinajstić information content (AvgIpc) is 3.38. The molecule has 10 heteroatoms. The molecule has 0 radical (unpaired) electrons. The molecule has 0 unspecified atom stereocenters. The maximum atomic E-state index is 12.6. The predicted octanol–water partition coefficient (Wildman–Crippen LogP) is 2.00. The maximum Gasteiger partial charge on any atom is 0.335 e. The van der Waals surface area contributed by atoms with E-state index in [4.69, 9.17) is 4.74 Å². The van der Waals surface area contributed by atoms with E-state index in [0.717, 1.165) is 9.44 Å². The molecule has 1 amide bonds. The van der Waals surface area contributed by atoms with Crippen LogP contribution in [-0.2, 0) is 4.79 Å². The first-order valence-electron chi connectivity index (χ1n) is 9.05. The van der Waals surface area contributed by atoms with Crippen LogP contribution in [0.15, 0.2) is 56.5 Å². The first-order chi connectivity index (χ1) is 14.4. The van der Waals surface area contributed by atoms with Crippen LogP contribution in [0, 0.1) is 0 Å². The zero-order chi connectivity index (χ0) is 21.4. The Morgan fingerprint density at radius 3 is 2.70 bits per heavy atom. The molecule has 0 fully saturated rings. The van der Waals surface area contributed by atoms with Gasteiger partial charge >= 0.3 is 5.69 Å². The van der Waals surface area contributed by atoms with E-state index >= 15 is 0 Å². The van der Waals surface area contributed by atoms with Crippen LogP contribution in [0.2, 0.25) is 0 Å². The molecule has 3 aromatic rings. The van der Waals surface area contributed by atoms with Crippen molar-refractivity contribution in [2.24, 2.45) is 5.10 Å². The monoisotopic (exact) mass is 426 g/mol. The van der Waals surface area contributed by atoms with Crippen LogP contribution >= 0.6 is 11.3 Å². The van der Waals surface area contributed by atoms with Gasteiger partial charge in [0, 0.05) is 18.2 Å². The van der Waals surface area contributed by atoms with Gasteiger partial charge in [-0.3, -0.25) is 14.6 Å². The fourth-order valence-corrected chi connectivity index (χ4v) is 4.29. The molecule has 0 saturated carbocycles. The van der Waals surface area contributed by atoms with Gasteiger partial charge in [0.2, 0.25) is 11.8 Å². The summed E-state index contributed by atoms with van der Waals surface area (Å²) in [6, 6.07) is 9.95. The van der Waals surface area contributed by atoms with Crippen molar-refractivity contribution in [3.8, 4) is 17.3 Å². The summed E-state index contributed by atoms with van der Waals surface area (Å²) in [7, 11) is 1.44. The zero-order valence-corrected chi connectivity index (χ0v) is 17.0. The second-order valence-electron chi connectivity index (χ2n) is 6.61. The molecule has 1 atom stereocenters. The predicted molar refractivity (Wildman–Crippen MR) is 112 cm³/mol. The van der Waals surface area contributed by atoms with Gasteiger partial charge in [0.15, 0.2) is 0 Å². The first kappa shape index (κ1) is 19.6. The van der Waals surface area contributed by atoms with Gasteiger partial charge < -0.3 is 9.84 Å². The van der Waals surface area contributed by atoms with E-state index in [1.165, 1.54) is 30.4 Å². The van der Waals surface area contributed by atoms with Crippen molar-refractivity contribution in [1.29, 1.82) is 0 Å². The minimum absolute atomic E-state index is 0.161. The van der Waals surface area contributed by atoms with E-state index in [1.54, 1.807) is 24.3 Å². The molecule has 1 aromatic carbocycles. The molecule has 30 heavy (non-hydrogen) atoms. The lowest BCUT2D eigenvalue weighted by atomic mass is 10.0. The summed E-state index contributed by atoms with van der Waals surface area (Å²) < 4.78 is 6.23. The van der Waals surface area contributed by atoms with Crippen molar-refractivity contribution in [2.75, 3.05) is 7.11 Å². The van der Waals surface area contributed by atoms with Crippen molar-refractivity contribution in [1.82, 2.24) is 14.6 Å². The number of hydrazone groups is 1. The van der Waals surface area contributed by atoms with Gasteiger partial charge in [-0.05, 0) is 23.6 Å². The largest absolute Gasteiger partial charge is 0.495 e. The Bertz CT molecular complexity index is 1260. The number of hydrogen-bond acceptors (Lipinski definition) is 7. The van der Waals surface area contributed by atoms with Crippen molar-refractivity contribution < 1.29 is 14.6 Å². The number of nitrogens with one attached hydrogen (secondary N) is 1. The SMILES string of the molecule is COc1ccccc1-n1c(O)c(C2=NN(C(C)=O)[C@@H](c3cccs3)C2)c(=O)[nH]c1=O. The number of nitrogens with zero attached hydrogens (tertiary/aromatic N) is 3. The van der Waals surface area contributed by atoms with Crippen LogP contribution in [0.5, 0.6) is 11.6 Å². The van der Waals surface area contributed by atoms with E-state index in [-0.39, 0.29) is 35.3 Å². The fourth-order valence-electron chi connectivity index (χ4n) is 3.48. The van der Waals surface area contributed by atoms with Crippen LogP contribution in [-0.4, -0.2) is 38.4 Å². The number of aromatic amines is 1. The summed E-state index contributed by atoms with van der Waals surface area (Å²) in [5, 5.41) is 18.4. The van der Waals surface area contributed by atoms with Crippen LogP contribution in [0.25, 0.3) is 5.69 Å². The highest BCUT2D eigenvalue weighted by molar-refractivity contribution is 7.10. The van der Waals surface area contributed by atoms with Gasteiger partial charge in [-0.2, -0.15) is 5.10 Å². The molecule has 0 saturated heterocycles.